The fraction of sp³-hybridized carbons (Fsp3) is 0.514. The standard InChI is InChI=1S/C35H45FN6O5S/c1-4-42(25(2)3)34(43)30-18-26(36)10-13-31(30)47-32-19-37-24-38-33(32)41-22-35(23-41)14-16-40(17-15-35)20-28-12-11-27(21-46-28)39-48(44,45)29-8-6-5-7-9-29/h5-10,13,18-19,24-25,27-28,39H,4,11-12,14-17,20-23H2,1-3H3/t27-,28+/m1/s1. The number of carbonyl (C=O) groups excluding carboxylic acids is 1. The number of likely N-dealkylation sites (tertiary alicyclic amines) is 1. The molecule has 3 fully saturated rings. The van der Waals surface area contributed by atoms with E-state index < -0.39 is 15.8 Å². The van der Waals surface area contributed by atoms with Crippen molar-refractivity contribution in [1.82, 2.24) is 24.5 Å². The minimum atomic E-state index is -3.56. The number of hydrogen-bond donors (Lipinski definition) is 1. The summed E-state index contributed by atoms with van der Waals surface area (Å²) in [6, 6.07) is 12.2. The second-order valence-electron chi connectivity index (χ2n) is 13.5. The third kappa shape index (κ3) is 7.64. The highest BCUT2D eigenvalue weighted by atomic mass is 32.2. The van der Waals surface area contributed by atoms with E-state index in [9.17, 15) is 17.6 Å². The smallest absolute Gasteiger partial charge is 0.257 e. The molecule has 0 saturated carbocycles. The summed E-state index contributed by atoms with van der Waals surface area (Å²) < 4.78 is 54.8. The number of aromatic nitrogens is 2. The zero-order valence-electron chi connectivity index (χ0n) is 27.8. The maximum absolute atomic E-state index is 14.3. The normalized spacial score (nSPS) is 21.2. The van der Waals surface area contributed by atoms with E-state index in [1.54, 1.807) is 41.4 Å². The molecular weight excluding hydrogens is 635 g/mol. The minimum Gasteiger partial charge on any atom is -0.451 e. The van der Waals surface area contributed by atoms with Crippen LogP contribution in [0.4, 0.5) is 10.2 Å². The molecule has 2 atom stereocenters. The van der Waals surface area contributed by atoms with Crippen LogP contribution in [0.25, 0.3) is 0 Å². The zero-order valence-corrected chi connectivity index (χ0v) is 28.7. The van der Waals surface area contributed by atoms with Crippen LogP contribution in [-0.4, -0.2) is 98.2 Å². The fourth-order valence-electron chi connectivity index (χ4n) is 7.05. The molecule has 3 aromatic rings. The molecule has 4 heterocycles. The summed E-state index contributed by atoms with van der Waals surface area (Å²) in [7, 11) is -3.56. The molecule has 3 aliphatic rings. The highest BCUT2D eigenvalue weighted by molar-refractivity contribution is 7.89. The van der Waals surface area contributed by atoms with Gasteiger partial charge >= 0.3 is 0 Å². The van der Waals surface area contributed by atoms with Gasteiger partial charge in [-0.25, -0.2) is 27.5 Å². The Kier molecular flexibility index (Phi) is 10.3. The Morgan fingerprint density at radius 1 is 1.12 bits per heavy atom. The van der Waals surface area contributed by atoms with E-state index in [0.717, 1.165) is 58.4 Å². The van der Waals surface area contributed by atoms with Crippen LogP contribution in [0.5, 0.6) is 11.5 Å². The Morgan fingerprint density at radius 2 is 1.88 bits per heavy atom. The Bertz CT molecular complexity index is 1670. The molecule has 1 amide bonds. The quantitative estimate of drug-likeness (QED) is 0.308. The average molecular weight is 681 g/mol. The first-order valence-electron chi connectivity index (χ1n) is 16.8. The summed E-state index contributed by atoms with van der Waals surface area (Å²) in [6.45, 7) is 11.1. The monoisotopic (exact) mass is 680 g/mol. The van der Waals surface area contributed by atoms with Gasteiger partial charge < -0.3 is 24.2 Å². The van der Waals surface area contributed by atoms with E-state index >= 15 is 0 Å². The van der Waals surface area contributed by atoms with E-state index in [4.69, 9.17) is 9.47 Å². The van der Waals surface area contributed by atoms with Crippen molar-refractivity contribution in [3.8, 4) is 11.5 Å². The predicted molar refractivity (Wildman–Crippen MR) is 180 cm³/mol. The number of carbonyl (C=O) groups is 1. The topological polar surface area (TPSA) is 117 Å². The number of amides is 1. The van der Waals surface area contributed by atoms with E-state index in [1.807, 2.05) is 20.8 Å². The fourth-order valence-corrected chi connectivity index (χ4v) is 8.33. The summed E-state index contributed by atoms with van der Waals surface area (Å²) in [4.78, 5) is 28.6. The molecule has 1 aromatic heterocycles. The first-order valence-corrected chi connectivity index (χ1v) is 18.3. The van der Waals surface area contributed by atoms with E-state index in [-0.39, 0.29) is 45.7 Å². The molecule has 48 heavy (non-hydrogen) atoms. The van der Waals surface area contributed by atoms with Crippen LogP contribution in [0.15, 0.2) is 66.0 Å². The van der Waals surface area contributed by atoms with Crippen LogP contribution in [0, 0.1) is 11.2 Å². The number of nitrogens with zero attached hydrogens (tertiary/aromatic N) is 5. The van der Waals surface area contributed by atoms with Crippen LogP contribution in [0.1, 0.15) is 56.8 Å². The van der Waals surface area contributed by atoms with Gasteiger partial charge in [0, 0.05) is 43.7 Å². The number of anilines is 1. The third-order valence-corrected chi connectivity index (χ3v) is 11.3. The highest BCUT2D eigenvalue weighted by Gasteiger charge is 2.46. The maximum Gasteiger partial charge on any atom is 0.257 e. The molecule has 3 aliphatic heterocycles. The number of piperidine rings is 1. The van der Waals surface area contributed by atoms with Gasteiger partial charge in [0.1, 0.15) is 17.9 Å². The van der Waals surface area contributed by atoms with Crippen molar-refractivity contribution in [3.63, 3.8) is 0 Å². The average Bonchev–Trinajstić information content (AvgIpc) is 3.06. The van der Waals surface area contributed by atoms with Gasteiger partial charge in [-0.05, 0) is 89.9 Å². The SMILES string of the molecule is CCN(C(=O)c1cc(F)ccc1Oc1cncnc1N1CC2(CCN(C[C@@H]3CC[C@@H](NS(=O)(=O)c4ccccc4)CO3)CC2)C1)C(C)C. The van der Waals surface area contributed by atoms with Crippen LogP contribution in [0.3, 0.4) is 0 Å². The number of sulfonamides is 1. The van der Waals surface area contributed by atoms with Crippen molar-refractivity contribution in [2.45, 2.75) is 69.5 Å². The Balaban J connectivity index is 1.00. The number of hydrogen-bond acceptors (Lipinski definition) is 9. The minimum absolute atomic E-state index is 0.0471. The van der Waals surface area contributed by atoms with Crippen molar-refractivity contribution >= 4 is 21.7 Å². The van der Waals surface area contributed by atoms with Crippen LogP contribution < -0.4 is 14.4 Å². The van der Waals surface area contributed by atoms with Crippen molar-refractivity contribution in [1.29, 1.82) is 0 Å². The lowest BCUT2D eigenvalue weighted by Crippen LogP contribution is -2.61. The predicted octanol–water partition coefficient (Wildman–Crippen LogP) is 4.71. The lowest BCUT2D eigenvalue weighted by molar-refractivity contribution is -0.0299. The van der Waals surface area contributed by atoms with Crippen LogP contribution in [0.2, 0.25) is 0 Å². The molecule has 2 aromatic carbocycles. The molecule has 6 rings (SSSR count). The second-order valence-corrected chi connectivity index (χ2v) is 15.2. The van der Waals surface area contributed by atoms with E-state index in [1.165, 1.54) is 24.5 Å². The molecule has 1 spiro atoms. The van der Waals surface area contributed by atoms with Gasteiger partial charge in [-0.1, -0.05) is 18.2 Å². The number of ether oxygens (including phenoxy) is 2. The van der Waals surface area contributed by atoms with Crippen LogP contribution >= 0.6 is 0 Å². The molecule has 0 bridgehead atoms. The lowest BCUT2D eigenvalue weighted by atomic mass is 9.72. The first kappa shape index (κ1) is 34.2. The summed E-state index contributed by atoms with van der Waals surface area (Å²) in [5, 5.41) is 0. The molecule has 13 heteroatoms. The van der Waals surface area contributed by atoms with Gasteiger partial charge in [0.05, 0.1) is 29.4 Å². The number of nitrogens with one attached hydrogen (secondary N) is 1. The van der Waals surface area contributed by atoms with E-state index in [0.29, 0.717) is 24.7 Å². The van der Waals surface area contributed by atoms with Crippen molar-refractivity contribution in [2.24, 2.45) is 5.41 Å². The molecular formula is C35H45FN6O5S. The summed E-state index contributed by atoms with van der Waals surface area (Å²) in [5.41, 5.74) is 0.349. The van der Waals surface area contributed by atoms with Crippen molar-refractivity contribution < 1.29 is 27.1 Å². The number of rotatable bonds is 11. The Hall–Kier alpha value is -3.65. The molecule has 1 N–H and O–H groups in total. The van der Waals surface area contributed by atoms with Crippen molar-refractivity contribution in [2.75, 3.05) is 50.8 Å². The van der Waals surface area contributed by atoms with Crippen LogP contribution in [-0.2, 0) is 14.8 Å². The lowest BCUT2D eigenvalue weighted by Gasteiger charge is -2.54. The van der Waals surface area contributed by atoms with Gasteiger partial charge in [-0.15, -0.1) is 0 Å². The Labute approximate surface area is 282 Å². The van der Waals surface area contributed by atoms with Gasteiger partial charge in [0.25, 0.3) is 5.91 Å². The molecule has 0 unspecified atom stereocenters. The zero-order chi connectivity index (χ0) is 33.9. The number of benzene rings is 2. The largest absolute Gasteiger partial charge is 0.451 e. The molecule has 11 nitrogen and oxygen atoms in total. The maximum atomic E-state index is 14.3. The van der Waals surface area contributed by atoms with Gasteiger partial charge in [-0.2, -0.15) is 0 Å². The van der Waals surface area contributed by atoms with Gasteiger partial charge in [-0.3, -0.25) is 4.79 Å². The third-order valence-electron chi connectivity index (χ3n) is 9.75. The molecule has 0 radical (unpaired) electrons. The molecule has 3 saturated heterocycles. The van der Waals surface area contributed by atoms with Crippen molar-refractivity contribution in [3.05, 3.63) is 72.4 Å². The summed E-state index contributed by atoms with van der Waals surface area (Å²) >= 11 is 0. The summed E-state index contributed by atoms with van der Waals surface area (Å²) in [5.74, 6) is 0.560. The number of halogens is 1. The Morgan fingerprint density at radius 3 is 2.54 bits per heavy atom. The molecule has 258 valence electrons. The van der Waals surface area contributed by atoms with Gasteiger partial charge in [0.15, 0.2) is 11.6 Å². The summed E-state index contributed by atoms with van der Waals surface area (Å²) in [6.07, 6.45) is 6.83. The van der Waals surface area contributed by atoms with E-state index in [2.05, 4.69) is 24.5 Å². The van der Waals surface area contributed by atoms with Gasteiger partial charge in [0.2, 0.25) is 10.0 Å². The second kappa shape index (κ2) is 14.5. The highest BCUT2D eigenvalue weighted by Crippen LogP contribution is 2.45. The first-order chi connectivity index (χ1) is 23.1. The molecule has 0 aliphatic carbocycles.